The van der Waals surface area contributed by atoms with Gasteiger partial charge in [0.2, 0.25) is 0 Å². The normalized spacial score (nSPS) is 25.0. The lowest BCUT2D eigenvalue weighted by atomic mass is 9.71. The van der Waals surface area contributed by atoms with Gasteiger partial charge >= 0.3 is 0 Å². The molecule has 0 spiro atoms. The van der Waals surface area contributed by atoms with Crippen molar-refractivity contribution in [1.82, 2.24) is 0 Å². The van der Waals surface area contributed by atoms with Gasteiger partial charge in [-0.05, 0) is 42.9 Å². The molecule has 0 bridgehead atoms. The molecule has 2 atom stereocenters. The molecule has 2 rings (SSSR count). The van der Waals surface area contributed by atoms with Crippen LogP contribution in [0.2, 0.25) is 5.02 Å². The predicted octanol–water partition coefficient (Wildman–Crippen LogP) is 3.59. The minimum atomic E-state index is -0.232. The fraction of sp³-hybridized carbons (Fsp3) is 0.562. The molecule has 0 radical (unpaired) electrons. The number of anilines is 1. The first-order valence-electron chi connectivity index (χ1n) is 6.95. The van der Waals surface area contributed by atoms with E-state index in [1.165, 1.54) is 0 Å². The first kappa shape index (κ1) is 15.2. The van der Waals surface area contributed by atoms with Crippen LogP contribution in [0.1, 0.15) is 38.7 Å². The van der Waals surface area contributed by atoms with Crippen LogP contribution in [0.5, 0.6) is 0 Å². The molecule has 1 aliphatic carbocycles. The molecule has 4 heteroatoms. The zero-order valence-electron chi connectivity index (χ0n) is 12.2. The van der Waals surface area contributed by atoms with E-state index in [9.17, 15) is 5.11 Å². The van der Waals surface area contributed by atoms with E-state index in [4.69, 9.17) is 16.9 Å². The van der Waals surface area contributed by atoms with Crippen molar-refractivity contribution in [3.8, 4) is 6.07 Å². The van der Waals surface area contributed by atoms with Crippen molar-refractivity contribution < 1.29 is 5.11 Å². The van der Waals surface area contributed by atoms with Crippen molar-refractivity contribution >= 4 is 17.3 Å². The summed E-state index contributed by atoms with van der Waals surface area (Å²) in [5, 5.41) is 19.4. The molecule has 0 saturated heterocycles. The third-order valence-corrected chi connectivity index (χ3v) is 4.78. The van der Waals surface area contributed by atoms with Crippen molar-refractivity contribution in [2.24, 2.45) is 5.41 Å². The molecular formula is C16H21ClN2O. The second-order valence-electron chi connectivity index (χ2n) is 6.32. The zero-order valence-corrected chi connectivity index (χ0v) is 13.0. The third kappa shape index (κ3) is 2.92. The lowest BCUT2D eigenvalue weighted by Crippen LogP contribution is -2.48. The summed E-state index contributed by atoms with van der Waals surface area (Å²) in [4.78, 5) is 2.18. The number of aliphatic hydroxyl groups is 1. The van der Waals surface area contributed by atoms with Crippen LogP contribution < -0.4 is 4.90 Å². The zero-order chi connectivity index (χ0) is 14.9. The Hall–Kier alpha value is -1.24. The van der Waals surface area contributed by atoms with Gasteiger partial charge in [0.1, 0.15) is 6.07 Å². The summed E-state index contributed by atoms with van der Waals surface area (Å²) in [7, 11) is 2.03. The minimum absolute atomic E-state index is 0.147. The van der Waals surface area contributed by atoms with Crippen LogP contribution >= 0.6 is 11.6 Å². The van der Waals surface area contributed by atoms with Gasteiger partial charge in [0.05, 0.1) is 16.7 Å². The van der Waals surface area contributed by atoms with E-state index in [2.05, 4.69) is 24.8 Å². The van der Waals surface area contributed by atoms with Gasteiger partial charge in [0, 0.05) is 18.8 Å². The fourth-order valence-electron chi connectivity index (χ4n) is 3.08. The van der Waals surface area contributed by atoms with Crippen LogP contribution in [0.3, 0.4) is 0 Å². The Morgan fingerprint density at radius 2 is 2.15 bits per heavy atom. The van der Waals surface area contributed by atoms with E-state index < -0.39 is 0 Å². The Morgan fingerprint density at radius 3 is 2.75 bits per heavy atom. The molecule has 1 saturated carbocycles. The Kier molecular flexibility index (Phi) is 4.27. The third-order valence-electron chi connectivity index (χ3n) is 4.47. The largest absolute Gasteiger partial charge is 0.393 e. The molecule has 0 aromatic heterocycles. The maximum atomic E-state index is 9.95. The van der Waals surface area contributed by atoms with Gasteiger partial charge in [-0.3, -0.25) is 0 Å². The first-order valence-corrected chi connectivity index (χ1v) is 7.33. The maximum absolute atomic E-state index is 9.95. The van der Waals surface area contributed by atoms with E-state index in [1.54, 1.807) is 6.07 Å². The maximum Gasteiger partial charge on any atom is 0.101 e. The molecule has 3 nitrogen and oxygen atoms in total. The van der Waals surface area contributed by atoms with Crippen LogP contribution in [-0.2, 0) is 0 Å². The Labute approximate surface area is 125 Å². The summed E-state index contributed by atoms with van der Waals surface area (Å²) in [6.07, 6.45) is 2.41. The number of rotatable bonds is 2. The molecule has 0 heterocycles. The standard InChI is InChI=1S/C16H21ClN2O/c1-16(2)7-6-13(20)9-15(16)19(3)12-5-4-11(10-18)14(17)8-12/h4-5,8,13,15,20H,6-7,9H2,1-3H3. The van der Waals surface area contributed by atoms with Crippen LogP contribution in [0.15, 0.2) is 18.2 Å². The van der Waals surface area contributed by atoms with E-state index in [-0.39, 0.29) is 17.6 Å². The fourth-order valence-corrected chi connectivity index (χ4v) is 3.29. The Morgan fingerprint density at radius 1 is 1.45 bits per heavy atom. The number of hydrogen-bond donors (Lipinski definition) is 1. The molecule has 1 aliphatic rings. The highest BCUT2D eigenvalue weighted by Gasteiger charge is 2.38. The smallest absolute Gasteiger partial charge is 0.101 e. The number of halogens is 1. The van der Waals surface area contributed by atoms with Gasteiger partial charge in [0.15, 0.2) is 0 Å². The van der Waals surface area contributed by atoms with Crippen molar-refractivity contribution in [3.05, 3.63) is 28.8 Å². The second kappa shape index (κ2) is 5.63. The predicted molar refractivity (Wildman–Crippen MR) is 82.0 cm³/mol. The van der Waals surface area contributed by atoms with Gasteiger partial charge in [-0.25, -0.2) is 0 Å². The highest BCUT2D eigenvalue weighted by molar-refractivity contribution is 6.32. The molecular weight excluding hydrogens is 272 g/mol. The number of nitrogens with zero attached hydrogens (tertiary/aromatic N) is 2. The van der Waals surface area contributed by atoms with Gasteiger partial charge in [-0.15, -0.1) is 0 Å². The SMILES string of the molecule is CN(c1ccc(C#N)c(Cl)c1)C1CC(O)CCC1(C)C. The highest BCUT2D eigenvalue weighted by atomic mass is 35.5. The molecule has 1 aromatic carbocycles. The summed E-state index contributed by atoms with van der Waals surface area (Å²) in [6, 6.07) is 7.83. The topological polar surface area (TPSA) is 47.3 Å². The van der Waals surface area contributed by atoms with Gasteiger partial charge in [0.25, 0.3) is 0 Å². The number of benzene rings is 1. The van der Waals surface area contributed by atoms with Crippen LogP contribution in [0.4, 0.5) is 5.69 Å². The average molecular weight is 293 g/mol. The van der Waals surface area contributed by atoms with E-state index in [1.807, 2.05) is 19.2 Å². The summed E-state index contributed by atoms with van der Waals surface area (Å²) < 4.78 is 0. The molecule has 2 unspecified atom stereocenters. The molecule has 0 aliphatic heterocycles. The van der Waals surface area contributed by atoms with E-state index in [0.29, 0.717) is 10.6 Å². The van der Waals surface area contributed by atoms with Crippen molar-refractivity contribution in [1.29, 1.82) is 5.26 Å². The van der Waals surface area contributed by atoms with E-state index >= 15 is 0 Å². The number of hydrogen-bond acceptors (Lipinski definition) is 3. The molecule has 1 N–H and O–H groups in total. The minimum Gasteiger partial charge on any atom is -0.393 e. The monoisotopic (exact) mass is 292 g/mol. The van der Waals surface area contributed by atoms with Gasteiger partial charge < -0.3 is 10.0 Å². The molecule has 1 fully saturated rings. The van der Waals surface area contributed by atoms with Crippen LogP contribution in [-0.4, -0.2) is 24.3 Å². The molecule has 0 amide bonds. The van der Waals surface area contributed by atoms with Crippen molar-refractivity contribution in [3.63, 3.8) is 0 Å². The second-order valence-corrected chi connectivity index (χ2v) is 6.73. The Bertz CT molecular complexity index is 536. The van der Waals surface area contributed by atoms with Crippen LogP contribution in [0, 0.1) is 16.7 Å². The lowest BCUT2D eigenvalue weighted by Gasteiger charge is -2.46. The lowest BCUT2D eigenvalue weighted by molar-refractivity contribution is 0.0609. The van der Waals surface area contributed by atoms with E-state index in [0.717, 1.165) is 24.9 Å². The highest BCUT2D eigenvalue weighted by Crippen LogP contribution is 2.40. The van der Waals surface area contributed by atoms with Crippen molar-refractivity contribution in [2.45, 2.75) is 45.3 Å². The van der Waals surface area contributed by atoms with Gasteiger partial charge in [-0.2, -0.15) is 5.26 Å². The number of nitriles is 1. The number of aliphatic hydroxyl groups excluding tert-OH is 1. The summed E-state index contributed by atoms with van der Waals surface area (Å²) in [6.45, 7) is 4.48. The molecule has 20 heavy (non-hydrogen) atoms. The van der Waals surface area contributed by atoms with Crippen LogP contribution in [0.25, 0.3) is 0 Å². The quantitative estimate of drug-likeness (QED) is 0.906. The first-order chi connectivity index (χ1) is 9.35. The molecule has 108 valence electrons. The summed E-state index contributed by atoms with van der Waals surface area (Å²) in [5.41, 5.74) is 1.63. The molecule has 1 aromatic rings. The summed E-state index contributed by atoms with van der Waals surface area (Å²) >= 11 is 6.11. The average Bonchev–Trinajstić information content (AvgIpc) is 2.40. The van der Waals surface area contributed by atoms with Crippen molar-refractivity contribution in [2.75, 3.05) is 11.9 Å². The summed E-state index contributed by atoms with van der Waals surface area (Å²) in [5.74, 6) is 0. The Balaban J connectivity index is 2.28. The van der Waals surface area contributed by atoms with Gasteiger partial charge in [-0.1, -0.05) is 25.4 Å².